The van der Waals surface area contributed by atoms with Gasteiger partial charge in [0.05, 0.1) is 12.2 Å². The number of hydrogen-bond acceptors (Lipinski definition) is 5. The van der Waals surface area contributed by atoms with E-state index in [9.17, 15) is 4.79 Å². The maximum Gasteiger partial charge on any atom is 0.407 e. The summed E-state index contributed by atoms with van der Waals surface area (Å²) >= 11 is 0. The zero-order valence-electron chi connectivity index (χ0n) is 16.0. The molecule has 2 fully saturated rings. The Morgan fingerprint density at radius 3 is 2.81 bits per heavy atom. The molecule has 6 heteroatoms. The predicted molar refractivity (Wildman–Crippen MR) is 98.1 cm³/mol. The van der Waals surface area contributed by atoms with Gasteiger partial charge in [-0.25, -0.2) is 4.79 Å². The second-order valence-electron chi connectivity index (χ2n) is 8.43. The minimum Gasteiger partial charge on any atom is -0.444 e. The van der Waals surface area contributed by atoms with Gasteiger partial charge in [-0.1, -0.05) is 6.07 Å². The number of amides is 1. The van der Waals surface area contributed by atoms with Crippen LogP contribution in [0.1, 0.15) is 52.1 Å². The molecule has 1 aromatic heterocycles. The van der Waals surface area contributed by atoms with Crippen LogP contribution in [-0.2, 0) is 19.6 Å². The lowest BCUT2D eigenvalue weighted by Gasteiger charge is -2.45. The molecule has 1 amide bonds. The van der Waals surface area contributed by atoms with Crippen LogP contribution < -0.4 is 5.32 Å². The van der Waals surface area contributed by atoms with E-state index in [0.29, 0.717) is 19.8 Å². The van der Waals surface area contributed by atoms with Crippen molar-refractivity contribution in [1.29, 1.82) is 0 Å². The van der Waals surface area contributed by atoms with Crippen molar-refractivity contribution in [2.75, 3.05) is 26.4 Å². The van der Waals surface area contributed by atoms with Gasteiger partial charge in [0.2, 0.25) is 0 Å². The summed E-state index contributed by atoms with van der Waals surface area (Å²) in [4.78, 5) is 16.6. The largest absolute Gasteiger partial charge is 0.444 e. The van der Waals surface area contributed by atoms with Gasteiger partial charge in [0.25, 0.3) is 0 Å². The van der Waals surface area contributed by atoms with Crippen LogP contribution in [0.5, 0.6) is 0 Å². The monoisotopic (exact) mass is 362 g/mol. The molecule has 0 saturated carbocycles. The Labute approximate surface area is 155 Å². The summed E-state index contributed by atoms with van der Waals surface area (Å²) in [6, 6.07) is 6.05. The maximum absolute atomic E-state index is 12.0. The molecule has 1 aromatic rings. The van der Waals surface area contributed by atoms with Crippen molar-refractivity contribution in [1.82, 2.24) is 10.3 Å². The standard InChI is InChI=1S/C20H30N2O4/c1-18(2,3)26-17(23)22-11-7-19(16-6-4-5-10-21-16)8-13-25-20(14-19)9-12-24-15-20/h4-6,10H,7-9,11-15H2,1-3H3,(H,22,23)/t19-,20-/m0/s1. The van der Waals surface area contributed by atoms with Crippen LogP contribution in [0.2, 0.25) is 0 Å². The van der Waals surface area contributed by atoms with Crippen molar-refractivity contribution in [3.05, 3.63) is 30.1 Å². The van der Waals surface area contributed by atoms with E-state index in [4.69, 9.17) is 14.2 Å². The molecule has 0 unspecified atom stereocenters. The van der Waals surface area contributed by atoms with Gasteiger partial charge in [0, 0.05) is 43.5 Å². The summed E-state index contributed by atoms with van der Waals surface area (Å²) in [5, 5.41) is 2.90. The highest BCUT2D eigenvalue weighted by molar-refractivity contribution is 5.67. The van der Waals surface area contributed by atoms with Crippen LogP contribution >= 0.6 is 0 Å². The SMILES string of the molecule is CC(C)(C)OC(=O)NCC[C@]1(c2ccccn2)CCO[C@@]2(CCOC2)C1. The maximum atomic E-state index is 12.0. The zero-order valence-corrected chi connectivity index (χ0v) is 16.0. The molecule has 0 bridgehead atoms. The van der Waals surface area contributed by atoms with E-state index in [2.05, 4.69) is 16.4 Å². The summed E-state index contributed by atoms with van der Waals surface area (Å²) in [6.45, 7) is 8.21. The van der Waals surface area contributed by atoms with E-state index >= 15 is 0 Å². The molecule has 2 saturated heterocycles. The first-order valence-corrected chi connectivity index (χ1v) is 9.43. The molecule has 2 aliphatic heterocycles. The highest BCUT2D eigenvalue weighted by Gasteiger charge is 2.49. The Hall–Kier alpha value is -1.66. The smallest absolute Gasteiger partial charge is 0.407 e. The van der Waals surface area contributed by atoms with Crippen LogP contribution in [0.15, 0.2) is 24.4 Å². The molecule has 2 atom stereocenters. The first-order chi connectivity index (χ1) is 12.3. The number of hydrogen-bond donors (Lipinski definition) is 1. The highest BCUT2D eigenvalue weighted by atomic mass is 16.6. The third kappa shape index (κ3) is 4.54. The van der Waals surface area contributed by atoms with Crippen molar-refractivity contribution in [2.24, 2.45) is 0 Å². The average Bonchev–Trinajstić information content (AvgIpc) is 3.01. The number of carbonyl (C=O) groups is 1. The van der Waals surface area contributed by atoms with E-state index in [1.807, 2.05) is 39.1 Å². The van der Waals surface area contributed by atoms with Crippen molar-refractivity contribution < 1.29 is 19.0 Å². The normalized spacial score (nSPS) is 28.9. The van der Waals surface area contributed by atoms with Gasteiger partial charge in [-0.3, -0.25) is 4.98 Å². The predicted octanol–water partition coefficient (Wildman–Crippen LogP) is 3.20. The van der Waals surface area contributed by atoms with Gasteiger partial charge >= 0.3 is 6.09 Å². The number of carbonyl (C=O) groups excluding carboxylic acids is 1. The lowest BCUT2D eigenvalue weighted by molar-refractivity contribution is -0.108. The van der Waals surface area contributed by atoms with Gasteiger partial charge < -0.3 is 19.5 Å². The molecule has 26 heavy (non-hydrogen) atoms. The van der Waals surface area contributed by atoms with Crippen LogP contribution in [0.25, 0.3) is 0 Å². The molecule has 3 heterocycles. The average molecular weight is 362 g/mol. The summed E-state index contributed by atoms with van der Waals surface area (Å²) < 4.78 is 17.1. The molecule has 144 valence electrons. The fourth-order valence-corrected chi connectivity index (χ4v) is 4.02. The summed E-state index contributed by atoms with van der Waals surface area (Å²) in [6.07, 6.45) is 4.94. The van der Waals surface area contributed by atoms with E-state index < -0.39 is 5.60 Å². The molecular formula is C20H30N2O4. The lowest BCUT2D eigenvalue weighted by Crippen LogP contribution is -2.49. The Kier molecular flexibility index (Phi) is 5.53. The Morgan fingerprint density at radius 2 is 2.15 bits per heavy atom. The van der Waals surface area contributed by atoms with Crippen molar-refractivity contribution in [2.45, 2.75) is 63.1 Å². The fraction of sp³-hybridized carbons (Fsp3) is 0.700. The highest BCUT2D eigenvalue weighted by Crippen LogP contribution is 2.46. The number of nitrogens with zero attached hydrogens (tertiary/aromatic N) is 1. The molecule has 0 radical (unpaired) electrons. The van der Waals surface area contributed by atoms with Gasteiger partial charge in [0.15, 0.2) is 0 Å². The van der Waals surface area contributed by atoms with Gasteiger partial charge in [0.1, 0.15) is 5.60 Å². The van der Waals surface area contributed by atoms with Crippen molar-refractivity contribution in [3.63, 3.8) is 0 Å². The number of nitrogens with one attached hydrogen (secondary N) is 1. The topological polar surface area (TPSA) is 69.7 Å². The molecular weight excluding hydrogens is 332 g/mol. The van der Waals surface area contributed by atoms with Crippen LogP contribution in [0.4, 0.5) is 4.79 Å². The molecule has 0 aliphatic carbocycles. The quantitative estimate of drug-likeness (QED) is 0.891. The third-order valence-electron chi connectivity index (χ3n) is 5.20. The van der Waals surface area contributed by atoms with Crippen molar-refractivity contribution in [3.8, 4) is 0 Å². The fourth-order valence-electron chi connectivity index (χ4n) is 4.02. The zero-order chi connectivity index (χ0) is 18.7. The molecule has 1 spiro atoms. The number of alkyl carbamates (subject to hydrolysis) is 1. The first-order valence-electron chi connectivity index (χ1n) is 9.43. The van der Waals surface area contributed by atoms with E-state index in [-0.39, 0.29) is 17.1 Å². The number of rotatable bonds is 4. The van der Waals surface area contributed by atoms with E-state index in [0.717, 1.165) is 38.0 Å². The second-order valence-corrected chi connectivity index (χ2v) is 8.43. The van der Waals surface area contributed by atoms with Gasteiger partial charge in [-0.2, -0.15) is 0 Å². The Balaban J connectivity index is 1.71. The summed E-state index contributed by atoms with van der Waals surface area (Å²) in [5.74, 6) is 0. The van der Waals surface area contributed by atoms with E-state index in [1.54, 1.807) is 0 Å². The third-order valence-corrected chi connectivity index (χ3v) is 5.20. The van der Waals surface area contributed by atoms with Crippen LogP contribution in [0.3, 0.4) is 0 Å². The molecule has 0 aromatic carbocycles. The molecule has 1 N–H and O–H groups in total. The molecule has 2 aliphatic rings. The first kappa shape index (κ1) is 19.1. The number of aromatic nitrogens is 1. The van der Waals surface area contributed by atoms with Gasteiger partial charge in [-0.05, 0) is 52.2 Å². The minimum absolute atomic E-state index is 0.123. The van der Waals surface area contributed by atoms with Crippen molar-refractivity contribution >= 4 is 6.09 Å². The molecule has 3 rings (SSSR count). The van der Waals surface area contributed by atoms with Crippen LogP contribution in [-0.4, -0.2) is 48.6 Å². The lowest BCUT2D eigenvalue weighted by atomic mass is 9.68. The van der Waals surface area contributed by atoms with Crippen LogP contribution in [0, 0.1) is 0 Å². The number of pyridine rings is 1. The van der Waals surface area contributed by atoms with Gasteiger partial charge in [-0.15, -0.1) is 0 Å². The summed E-state index contributed by atoms with van der Waals surface area (Å²) in [7, 11) is 0. The number of ether oxygens (including phenoxy) is 3. The Bertz CT molecular complexity index is 608. The minimum atomic E-state index is -0.493. The van der Waals surface area contributed by atoms with E-state index in [1.165, 1.54) is 0 Å². The summed E-state index contributed by atoms with van der Waals surface area (Å²) in [5.41, 5.74) is 0.233. The molecule has 6 nitrogen and oxygen atoms in total. The Morgan fingerprint density at radius 1 is 1.31 bits per heavy atom. The second kappa shape index (κ2) is 7.53.